The van der Waals surface area contributed by atoms with Crippen LogP contribution in [0.15, 0.2) is 41.5 Å². The van der Waals surface area contributed by atoms with Gasteiger partial charge in [-0.1, -0.05) is 17.7 Å². The molecule has 0 aliphatic rings. The predicted molar refractivity (Wildman–Crippen MR) is 80.7 cm³/mol. The lowest BCUT2D eigenvalue weighted by molar-refractivity contribution is -0.384. The molecule has 126 valence electrons. The van der Waals surface area contributed by atoms with Crippen LogP contribution in [-0.2, 0) is 6.18 Å². The molecule has 2 rings (SSSR count). The standard InChI is InChI=1S/C14H8ClF4N3O2/c15-10-2-1-3-11(16)9(10)7-20-21-12-5-4-8(14(17,18)19)6-13(12)22(23)24/h1-7,21H. The number of hydrogen-bond donors (Lipinski definition) is 1. The van der Waals surface area contributed by atoms with Crippen molar-refractivity contribution < 1.29 is 22.5 Å². The molecule has 0 aliphatic carbocycles. The number of nitro benzene ring substituents is 1. The average molecular weight is 362 g/mol. The number of alkyl halides is 3. The van der Waals surface area contributed by atoms with E-state index < -0.39 is 28.2 Å². The minimum atomic E-state index is -4.72. The molecule has 0 amide bonds. The highest BCUT2D eigenvalue weighted by Gasteiger charge is 2.33. The van der Waals surface area contributed by atoms with Crippen molar-refractivity contribution in [2.75, 3.05) is 5.43 Å². The topological polar surface area (TPSA) is 67.5 Å². The fourth-order valence-corrected chi connectivity index (χ4v) is 1.97. The Balaban J connectivity index is 2.30. The molecule has 24 heavy (non-hydrogen) atoms. The molecule has 2 aromatic carbocycles. The summed E-state index contributed by atoms with van der Waals surface area (Å²) in [4.78, 5) is 9.92. The van der Waals surface area contributed by atoms with Gasteiger partial charge in [0.15, 0.2) is 0 Å². The van der Waals surface area contributed by atoms with Gasteiger partial charge in [-0.25, -0.2) is 4.39 Å². The second kappa shape index (κ2) is 6.83. The minimum Gasteiger partial charge on any atom is -0.272 e. The SMILES string of the molecule is O=[N+]([O-])c1cc(C(F)(F)F)ccc1NN=Cc1c(F)cccc1Cl. The molecule has 0 saturated heterocycles. The number of benzene rings is 2. The Morgan fingerprint density at radius 3 is 2.54 bits per heavy atom. The van der Waals surface area contributed by atoms with Gasteiger partial charge in [0.05, 0.1) is 21.7 Å². The molecule has 5 nitrogen and oxygen atoms in total. The van der Waals surface area contributed by atoms with E-state index in [9.17, 15) is 27.7 Å². The molecular formula is C14H8ClF4N3O2. The molecule has 0 spiro atoms. The van der Waals surface area contributed by atoms with E-state index in [0.717, 1.165) is 18.3 Å². The van der Waals surface area contributed by atoms with Crippen molar-refractivity contribution in [2.24, 2.45) is 5.10 Å². The van der Waals surface area contributed by atoms with Crippen LogP contribution in [0.25, 0.3) is 0 Å². The number of rotatable bonds is 4. The quantitative estimate of drug-likeness (QED) is 0.366. The number of anilines is 1. The zero-order valence-corrected chi connectivity index (χ0v) is 12.4. The monoisotopic (exact) mass is 361 g/mol. The van der Waals surface area contributed by atoms with Gasteiger partial charge in [0.25, 0.3) is 5.69 Å². The average Bonchev–Trinajstić information content (AvgIpc) is 2.49. The van der Waals surface area contributed by atoms with Crippen molar-refractivity contribution in [1.82, 2.24) is 0 Å². The number of hydrazone groups is 1. The Bertz CT molecular complexity index is 789. The summed E-state index contributed by atoms with van der Waals surface area (Å²) < 4.78 is 51.3. The minimum absolute atomic E-state index is 0.0578. The zero-order chi connectivity index (χ0) is 17.9. The molecule has 0 atom stereocenters. The first-order valence-electron chi connectivity index (χ1n) is 6.29. The van der Waals surface area contributed by atoms with E-state index in [1.807, 2.05) is 0 Å². The predicted octanol–water partition coefficient (Wildman–Crippen LogP) is 4.85. The second-order valence-electron chi connectivity index (χ2n) is 4.49. The molecule has 10 heteroatoms. The molecule has 0 saturated carbocycles. The van der Waals surface area contributed by atoms with Gasteiger partial charge in [-0.15, -0.1) is 0 Å². The van der Waals surface area contributed by atoms with Gasteiger partial charge >= 0.3 is 6.18 Å². The fourth-order valence-electron chi connectivity index (χ4n) is 1.75. The fraction of sp³-hybridized carbons (Fsp3) is 0.0714. The van der Waals surface area contributed by atoms with Crippen molar-refractivity contribution in [3.8, 4) is 0 Å². The lowest BCUT2D eigenvalue weighted by Gasteiger charge is -2.08. The molecule has 0 aromatic heterocycles. The van der Waals surface area contributed by atoms with E-state index in [2.05, 4.69) is 10.5 Å². The van der Waals surface area contributed by atoms with Gasteiger partial charge in [-0.05, 0) is 24.3 Å². The van der Waals surface area contributed by atoms with Crippen LogP contribution in [0.2, 0.25) is 5.02 Å². The molecule has 0 bridgehead atoms. The third kappa shape index (κ3) is 3.99. The lowest BCUT2D eigenvalue weighted by atomic mass is 10.1. The maximum Gasteiger partial charge on any atom is 0.416 e. The first-order chi connectivity index (χ1) is 11.2. The van der Waals surface area contributed by atoms with E-state index in [4.69, 9.17) is 11.6 Å². The van der Waals surface area contributed by atoms with Crippen LogP contribution in [-0.4, -0.2) is 11.1 Å². The summed E-state index contributed by atoms with van der Waals surface area (Å²) in [6.07, 6.45) is -3.74. The van der Waals surface area contributed by atoms with Gasteiger partial charge in [-0.2, -0.15) is 18.3 Å². The van der Waals surface area contributed by atoms with E-state index in [0.29, 0.717) is 12.1 Å². The van der Waals surface area contributed by atoms with E-state index in [-0.39, 0.29) is 16.3 Å². The molecule has 0 fully saturated rings. The van der Waals surface area contributed by atoms with Crippen molar-refractivity contribution in [3.63, 3.8) is 0 Å². The molecule has 2 aromatic rings. The highest BCUT2D eigenvalue weighted by molar-refractivity contribution is 6.33. The molecule has 0 radical (unpaired) electrons. The van der Waals surface area contributed by atoms with Gasteiger partial charge in [0, 0.05) is 11.6 Å². The summed E-state index contributed by atoms with van der Waals surface area (Å²) in [5.41, 5.74) is -0.122. The first-order valence-corrected chi connectivity index (χ1v) is 6.66. The van der Waals surface area contributed by atoms with Crippen molar-refractivity contribution in [3.05, 3.63) is 68.5 Å². The van der Waals surface area contributed by atoms with E-state index in [1.54, 1.807) is 0 Å². The third-order valence-electron chi connectivity index (χ3n) is 2.90. The molecule has 0 unspecified atom stereocenters. The third-order valence-corrected chi connectivity index (χ3v) is 3.23. The van der Waals surface area contributed by atoms with Gasteiger partial charge in [0.1, 0.15) is 11.5 Å². The van der Waals surface area contributed by atoms with Crippen LogP contribution in [0, 0.1) is 15.9 Å². The van der Waals surface area contributed by atoms with Crippen LogP contribution < -0.4 is 5.43 Å². The summed E-state index contributed by atoms with van der Waals surface area (Å²) in [5.74, 6) is -0.671. The first kappa shape index (κ1) is 17.7. The number of nitro groups is 1. The Kier molecular flexibility index (Phi) is 5.03. The Hall–Kier alpha value is -2.68. The van der Waals surface area contributed by atoms with Crippen LogP contribution in [0.5, 0.6) is 0 Å². The maximum atomic E-state index is 13.5. The Labute approximate surface area is 137 Å². The lowest BCUT2D eigenvalue weighted by Crippen LogP contribution is -2.06. The number of nitrogens with one attached hydrogen (secondary N) is 1. The van der Waals surface area contributed by atoms with Crippen molar-refractivity contribution >= 4 is 29.2 Å². The van der Waals surface area contributed by atoms with Gasteiger partial charge in [0.2, 0.25) is 0 Å². The summed E-state index contributed by atoms with van der Waals surface area (Å²) in [6, 6.07) is 5.83. The molecular weight excluding hydrogens is 354 g/mol. The summed E-state index contributed by atoms with van der Waals surface area (Å²) >= 11 is 5.77. The van der Waals surface area contributed by atoms with E-state index >= 15 is 0 Å². The molecule has 1 N–H and O–H groups in total. The summed E-state index contributed by atoms with van der Waals surface area (Å²) in [6.45, 7) is 0. The maximum absolute atomic E-state index is 13.5. The number of nitrogens with zero attached hydrogens (tertiary/aromatic N) is 2. The number of halogens is 5. The van der Waals surface area contributed by atoms with Gasteiger partial charge in [-0.3, -0.25) is 15.5 Å². The molecule has 0 heterocycles. The number of hydrogen-bond acceptors (Lipinski definition) is 4. The van der Waals surface area contributed by atoms with Crippen LogP contribution in [0.3, 0.4) is 0 Å². The van der Waals surface area contributed by atoms with Crippen molar-refractivity contribution in [1.29, 1.82) is 0 Å². The summed E-state index contributed by atoms with van der Waals surface area (Å²) in [7, 11) is 0. The second-order valence-corrected chi connectivity index (χ2v) is 4.90. The van der Waals surface area contributed by atoms with Crippen LogP contribution in [0.1, 0.15) is 11.1 Å². The van der Waals surface area contributed by atoms with Crippen LogP contribution >= 0.6 is 11.6 Å². The highest BCUT2D eigenvalue weighted by Crippen LogP contribution is 2.34. The normalized spacial score (nSPS) is 11.7. The zero-order valence-electron chi connectivity index (χ0n) is 11.6. The highest BCUT2D eigenvalue weighted by atomic mass is 35.5. The van der Waals surface area contributed by atoms with Crippen molar-refractivity contribution in [2.45, 2.75) is 6.18 Å². The van der Waals surface area contributed by atoms with Crippen LogP contribution in [0.4, 0.5) is 28.9 Å². The van der Waals surface area contributed by atoms with E-state index in [1.165, 1.54) is 12.1 Å². The Morgan fingerprint density at radius 2 is 1.96 bits per heavy atom. The molecule has 0 aliphatic heterocycles. The smallest absolute Gasteiger partial charge is 0.272 e. The van der Waals surface area contributed by atoms with Gasteiger partial charge < -0.3 is 0 Å². The summed E-state index contributed by atoms with van der Waals surface area (Å²) in [5, 5.41) is 14.5. The Morgan fingerprint density at radius 1 is 1.25 bits per heavy atom. The largest absolute Gasteiger partial charge is 0.416 e.